The number of carbonyl (C=O) groups is 2. The third kappa shape index (κ3) is 3.72. The minimum absolute atomic E-state index is 0.299. The summed E-state index contributed by atoms with van der Waals surface area (Å²) < 4.78 is 5.26. The largest absolute Gasteiger partial charge is 0.465 e. The lowest BCUT2D eigenvalue weighted by molar-refractivity contribution is -0.160. The Morgan fingerprint density at radius 3 is 2.44 bits per heavy atom. The zero-order chi connectivity index (χ0) is 12.3. The average Bonchev–Trinajstić information content (AvgIpc) is 2.47. The van der Waals surface area contributed by atoms with Gasteiger partial charge in [-0.05, 0) is 33.6 Å². The lowest BCUT2D eigenvalue weighted by atomic mass is 10.0. The normalized spacial score (nSPS) is 25.2. The molecule has 1 fully saturated rings. The summed E-state index contributed by atoms with van der Waals surface area (Å²) in [5.74, 6) is -0.640. The molecule has 0 unspecified atom stereocenters. The maximum absolute atomic E-state index is 11.8. The summed E-state index contributed by atoms with van der Waals surface area (Å²) >= 11 is 0. The molecule has 1 saturated carbocycles. The van der Waals surface area contributed by atoms with E-state index < -0.39 is 11.7 Å². The van der Waals surface area contributed by atoms with Crippen molar-refractivity contribution in [2.24, 2.45) is 5.92 Å². The van der Waals surface area contributed by atoms with Gasteiger partial charge in [0, 0.05) is 6.04 Å². The van der Waals surface area contributed by atoms with E-state index >= 15 is 0 Å². The van der Waals surface area contributed by atoms with Gasteiger partial charge in [-0.15, -0.1) is 0 Å². The van der Waals surface area contributed by atoms with Gasteiger partial charge in [0.2, 0.25) is 0 Å². The Hall–Kier alpha value is -1.26. The van der Waals surface area contributed by atoms with Crippen LogP contribution in [-0.2, 0) is 9.53 Å². The first-order valence-electron chi connectivity index (χ1n) is 5.52. The predicted molar refractivity (Wildman–Crippen MR) is 58.1 cm³/mol. The minimum atomic E-state index is -1.08. The summed E-state index contributed by atoms with van der Waals surface area (Å²) in [6, 6.07) is -0.299. The molecule has 0 aromatic carbocycles. The van der Waals surface area contributed by atoms with E-state index in [9.17, 15) is 9.59 Å². The van der Waals surface area contributed by atoms with Gasteiger partial charge < -0.3 is 15.2 Å². The van der Waals surface area contributed by atoms with E-state index in [1.807, 2.05) is 0 Å². The molecule has 1 rings (SSSR count). The molecule has 5 nitrogen and oxygen atoms in total. The van der Waals surface area contributed by atoms with Gasteiger partial charge in [0.15, 0.2) is 0 Å². The Morgan fingerprint density at radius 1 is 1.31 bits per heavy atom. The van der Waals surface area contributed by atoms with Crippen molar-refractivity contribution in [1.29, 1.82) is 0 Å². The van der Waals surface area contributed by atoms with Crippen LogP contribution in [0.15, 0.2) is 0 Å². The van der Waals surface area contributed by atoms with Gasteiger partial charge in [0.1, 0.15) is 5.60 Å². The van der Waals surface area contributed by atoms with Gasteiger partial charge in [-0.25, -0.2) is 4.79 Å². The van der Waals surface area contributed by atoms with Crippen LogP contribution in [0.25, 0.3) is 0 Å². The topological polar surface area (TPSA) is 75.6 Å². The number of carbonyl (C=O) groups excluding carboxylic acids is 1. The molecule has 0 saturated heterocycles. The first-order chi connectivity index (χ1) is 7.29. The SMILES string of the molecule is CC(C)(C)OC(=O)[C@@H]1CCC[C@@H]1NC(=O)O. The third-order valence-corrected chi connectivity index (χ3v) is 2.53. The van der Waals surface area contributed by atoms with Crippen LogP contribution in [-0.4, -0.2) is 28.8 Å². The van der Waals surface area contributed by atoms with Crippen LogP contribution in [0.1, 0.15) is 40.0 Å². The lowest BCUT2D eigenvalue weighted by Crippen LogP contribution is -2.41. The van der Waals surface area contributed by atoms with Crippen molar-refractivity contribution in [2.75, 3.05) is 0 Å². The fourth-order valence-corrected chi connectivity index (χ4v) is 1.95. The van der Waals surface area contributed by atoms with Crippen molar-refractivity contribution in [2.45, 2.75) is 51.7 Å². The Morgan fingerprint density at radius 2 is 1.94 bits per heavy atom. The number of hydrogen-bond acceptors (Lipinski definition) is 3. The smallest absolute Gasteiger partial charge is 0.404 e. The van der Waals surface area contributed by atoms with Gasteiger partial charge in [0.05, 0.1) is 5.92 Å². The van der Waals surface area contributed by atoms with E-state index in [1.165, 1.54) is 0 Å². The molecular formula is C11H19NO4. The minimum Gasteiger partial charge on any atom is -0.465 e. The molecule has 0 bridgehead atoms. The molecule has 0 spiro atoms. The quantitative estimate of drug-likeness (QED) is 0.707. The highest BCUT2D eigenvalue weighted by Gasteiger charge is 2.36. The van der Waals surface area contributed by atoms with Crippen molar-refractivity contribution in [3.8, 4) is 0 Å². The van der Waals surface area contributed by atoms with Gasteiger partial charge in [-0.1, -0.05) is 6.42 Å². The number of ether oxygens (including phenoxy) is 1. The van der Waals surface area contributed by atoms with Gasteiger partial charge in [-0.2, -0.15) is 0 Å². The highest BCUT2D eigenvalue weighted by molar-refractivity contribution is 5.75. The standard InChI is InChI=1S/C11H19NO4/c1-11(2,3)16-9(13)7-5-4-6-8(7)12-10(14)15/h7-8,12H,4-6H2,1-3H3,(H,14,15)/t7-,8+/m1/s1. The maximum Gasteiger partial charge on any atom is 0.404 e. The maximum atomic E-state index is 11.8. The molecule has 0 aliphatic heterocycles. The number of rotatable bonds is 2. The third-order valence-electron chi connectivity index (χ3n) is 2.53. The van der Waals surface area contributed by atoms with Crippen molar-refractivity contribution in [3.05, 3.63) is 0 Å². The Labute approximate surface area is 95.2 Å². The fourth-order valence-electron chi connectivity index (χ4n) is 1.95. The van der Waals surface area contributed by atoms with E-state index in [2.05, 4.69) is 5.32 Å². The van der Waals surface area contributed by atoms with Crippen molar-refractivity contribution in [3.63, 3.8) is 0 Å². The zero-order valence-corrected chi connectivity index (χ0v) is 9.95. The second-order valence-corrected chi connectivity index (χ2v) is 5.13. The molecule has 2 N–H and O–H groups in total. The molecule has 0 radical (unpaired) electrons. The Bertz CT molecular complexity index is 282. The van der Waals surface area contributed by atoms with Crippen LogP contribution in [0.3, 0.4) is 0 Å². The summed E-state index contributed by atoms with van der Waals surface area (Å²) in [5, 5.41) is 11.0. The Kier molecular flexibility index (Phi) is 3.78. The molecule has 5 heteroatoms. The summed E-state index contributed by atoms with van der Waals surface area (Å²) in [5.41, 5.74) is -0.520. The first-order valence-corrected chi connectivity index (χ1v) is 5.52. The van der Waals surface area contributed by atoms with Crippen molar-refractivity contribution in [1.82, 2.24) is 5.32 Å². The predicted octanol–water partition coefficient (Wildman–Crippen LogP) is 1.76. The van der Waals surface area contributed by atoms with E-state index in [1.54, 1.807) is 20.8 Å². The van der Waals surface area contributed by atoms with Crippen LogP contribution < -0.4 is 5.32 Å². The van der Waals surface area contributed by atoms with Gasteiger partial charge in [0.25, 0.3) is 0 Å². The zero-order valence-electron chi connectivity index (χ0n) is 9.95. The highest BCUT2D eigenvalue weighted by atomic mass is 16.6. The highest BCUT2D eigenvalue weighted by Crippen LogP contribution is 2.28. The van der Waals surface area contributed by atoms with Crippen LogP contribution in [0.5, 0.6) is 0 Å². The second-order valence-electron chi connectivity index (χ2n) is 5.13. The van der Waals surface area contributed by atoms with Gasteiger partial charge in [-0.3, -0.25) is 4.79 Å². The number of carboxylic acid groups (broad SMARTS) is 1. The molecule has 1 amide bonds. The van der Waals surface area contributed by atoms with E-state index in [0.29, 0.717) is 12.8 Å². The monoisotopic (exact) mass is 229 g/mol. The summed E-state index contributed by atoms with van der Waals surface area (Å²) in [6.45, 7) is 5.42. The average molecular weight is 229 g/mol. The van der Waals surface area contributed by atoms with Gasteiger partial charge >= 0.3 is 12.1 Å². The number of hydrogen-bond donors (Lipinski definition) is 2. The molecule has 2 atom stereocenters. The molecule has 0 aromatic heterocycles. The number of amides is 1. The molecule has 1 aliphatic rings. The van der Waals surface area contributed by atoms with Crippen LogP contribution >= 0.6 is 0 Å². The van der Waals surface area contributed by atoms with Crippen LogP contribution in [0.4, 0.5) is 4.79 Å². The molecule has 0 aromatic rings. The van der Waals surface area contributed by atoms with Crippen molar-refractivity contribution >= 4 is 12.1 Å². The van der Waals surface area contributed by atoms with E-state index in [0.717, 1.165) is 6.42 Å². The summed E-state index contributed by atoms with van der Waals surface area (Å²) in [7, 11) is 0. The number of nitrogens with one attached hydrogen (secondary N) is 1. The second kappa shape index (κ2) is 4.72. The first kappa shape index (κ1) is 12.8. The summed E-state index contributed by atoms with van der Waals surface area (Å²) in [4.78, 5) is 22.3. The van der Waals surface area contributed by atoms with E-state index in [4.69, 9.17) is 9.84 Å². The van der Waals surface area contributed by atoms with Crippen molar-refractivity contribution < 1.29 is 19.4 Å². The van der Waals surface area contributed by atoms with Crippen LogP contribution in [0, 0.1) is 5.92 Å². The number of esters is 1. The molecule has 16 heavy (non-hydrogen) atoms. The molecule has 0 heterocycles. The Balaban J connectivity index is 2.57. The van der Waals surface area contributed by atoms with Crippen LogP contribution in [0.2, 0.25) is 0 Å². The summed E-state index contributed by atoms with van der Waals surface area (Å²) in [6.07, 6.45) is 1.17. The molecular weight excluding hydrogens is 210 g/mol. The van der Waals surface area contributed by atoms with E-state index in [-0.39, 0.29) is 17.9 Å². The molecule has 1 aliphatic carbocycles. The lowest BCUT2D eigenvalue weighted by Gasteiger charge is -2.24. The fraction of sp³-hybridized carbons (Fsp3) is 0.818. The molecule has 92 valence electrons.